The third-order valence-corrected chi connectivity index (χ3v) is 4.77. The van der Waals surface area contributed by atoms with Gasteiger partial charge in [0.2, 0.25) is 0 Å². The van der Waals surface area contributed by atoms with E-state index in [1.165, 1.54) is 31.2 Å². The van der Waals surface area contributed by atoms with Crippen LogP contribution in [0.4, 0.5) is 0 Å². The first-order valence-corrected chi connectivity index (χ1v) is 7.85. The highest BCUT2D eigenvalue weighted by Crippen LogP contribution is 2.39. The van der Waals surface area contributed by atoms with E-state index in [9.17, 15) is 0 Å². The first-order chi connectivity index (χ1) is 9.22. The van der Waals surface area contributed by atoms with Gasteiger partial charge in [-0.05, 0) is 55.2 Å². The summed E-state index contributed by atoms with van der Waals surface area (Å²) in [5.41, 5.74) is 1.36. The Labute approximate surface area is 118 Å². The van der Waals surface area contributed by atoms with Crippen molar-refractivity contribution in [1.82, 2.24) is 10.3 Å². The predicted molar refractivity (Wildman–Crippen MR) is 80.9 cm³/mol. The molecule has 0 amide bonds. The van der Waals surface area contributed by atoms with Gasteiger partial charge >= 0.3 is 0 Å². The average Bonchev–Trinajstić information content (AvgIpc) is 2.44. The standard InChI is InChI=1S/C17H28N2/c1-4-9-19-17(16-6-5-10-18-12-16)15-8-7-13(2)14(3)11-15/h5-6,10,12-15,17,19H,4,7-9,11H2,1-3H3. The van der Waals surface area contributed by atoms with Crippen molar-refractivity contribution in [2.24, 2.45) is 17.8 Å². The minimum Gasteiger partial charge on any atom is -0.310 e. The lowest BCUT2D eigenvalue weighted by Gasteiger charge is -2.37. The summed E-state index contributed by atoms with van der Waals surface area (Å²) in [5.74, 6) is 2.50. The molecule has 19 heavy (non-hydrogen) atoms. The van der Waals surface area contributed by atoms with Crippen molar-refractivity contribution in [3.05, 3.63) is 30.1 Å². The van der Waals surface area contributed by atoms with E-state index in [1.807, 2.05) is 12.4 Å². The third-order valence-electron chi connectivity index (χ3n) is 4.77. The van der Waals surface area contributed by atoms with Crippen LogP contribution in [0.2, 0.25) is 0 Å². The van der Waals surface area contributed by atoms with Crippen LogP contribution in [-0.4, -0.2) is 11.5 Å². The summed E-state index contributed by atoms with van der Waals surface area (Å²) in [6.07, 6.45) is 9.16. The maximum atomic E-state index is 4.30. The van der Waals surface area contributed by atoms with E-state index in [4.69, 9.17) is 0 Å². The van der Waals surface area contributed by atoms with Crippen molar-refractivity contribution in [3.8, 4) is 0 Å². The molecule has 4 unspecified atom stereocenters. The SMILES string of the molecule is CCCNC(c1cccnc1)C1CCC(C)C(C)C1. The fourth-order valence-electron chi connectivity index (χ4n) is 3.31. The molecule has 1 saturated carbocycles. The van der Waals surface area contributed by atoms with Crippen molar-refractivity contribution in [3.63, 3.8) is 0 Å². The molecule has 0 saturated heterocycles. The van der Waals surface area contributed by atoms with Crippen LogP contribution in [0.25, 0.3) is 0 Å². The number of aromatic nitrogens is 1. The van der Waals surface area contributed by atoms with E-state index in [1.54, 1.807) is 0 Å². The quantitative estimate of drug-likeness (QED) is 0.858. The molecule has 106 valence electrons. The van der Waals surface area contributed by atoms with Crippen LogP contribution >= 0.6 is 0 Å². The van der Waals surface area contributed by atoms with Crippen molar-refractivity contribution < 1.29 is 0 Å². The zero-order chi connectivity index (χ0) is 13.7. The first kappa shape index (κ1) is 14.5. The molecule has 1 aromatic heterocycles. The van der Waals surface area contributed by atoms with Gasteiger partial charge in [-0.15, -0.1) is 0 Å². The van der Waals surface area contributed by atoms with E-state index in [2.05, 4.69) is 43.2 Å². The Bertz CT molecular complexity index is 363. The van der Waals surface area contributed by atoms with E-state index in [0.717, 1.165) is 24.3 Å². The number of hydrogen-bond acceptors (Lipinski definition) is 2. The molecule has 0 bridgehead atoms. The van der Waals surface area contributed by atoms with Gasteiger partial charge in [0.05, 0.1) is 0 Å². The minimum atomic E-state index is 0.489. The lowest BCUT2D eigenvalue weighted by molar-refractivity contribution is 0.171. The molecule has 2 rings (SSSR count). The monoisotopic (exact) mass is 260 g/mol. The molecule has 4 atom stereocenters. The van der Waals surface area contributed by atoms with E-state index in [-0.39, 0.29) is 0 Å². The minimum absolute atomic E-state index is 0.489. The summed E-state index contributed by atoms with van der Waals surface area (Å²) >= 11 is 0. The number of hydrogen-bond donors (Lipinski definition) is 1. The number of pyridine rings is 1. The number of nitrogens with zero attached hydrogens (tertiary/aromatic N) is 1. The second kappa shape index (κ2) is 7.04. The first-order valence-electron chi connectivity index (χ1n) is 7.85. The lowest BCUT2D eigenvalue weighted by atomic mass is 9.72. The van der Waals surface area contributed by atoms with Gasteiger partial charge in [-0.3, -0.25) is 4.98 Å². The van der Waals surface area contributed by atoms with Crippen molar-refractivity contribution in [2.75, 3.05) is 6.54 Å². The fraction of sp³-hybridized carbons (Fsp3) is 0.706. The number of rotatable bonds is 5. The van der Waals surface area contributed by atoms with E-state index in [0.29, 0.717) is 6.04 Å². The molecule has 1 heterocycles. The summed E-state index contributed by atoms with van der Waals surface area (Å²) in [4.78, 5) is 4.30. The van der Waals surface area contributed by atoms with Crippen molar-refractivity contribution >= 4 is 0 Å². The van der Waals surface area contributed by atoms with Gasteiger partial charge in [0, 0.05) is 18.4 Å². The van der Waals surface area contributed by atoms with Gasteiger partial charge in [-0.2, -0.15) is 0 Å². The van der Waals surface area contributed by atoms with Gasteiger partial charge < -0.3 is 5.32 Å². The highest BCUT2D eigenvalue weighted by molar-refractivity contribution is 5.15. The molecule has 1 N–H and O–H groups in total. The third kappa shape index (κ3) is 3.79. The summed E-state index contributed by atoms with van der Waals surface area (Å²) in [6.45, 7) is 8.15. The molecular weight excluding hydrogens is 232 g/mol. The summed E-state index contributed by atoms with van der Waals surface area (Å²) in [6, 6.07) is 4.78. The van der Waals surface area contributed by atoms with Gasteiger partial charge in [-0.25, -0.2) is 0 Å². The summed E-state index contributed by atoms with van der Waals surface area (Å²) < 4.78 is 0. The maximum Gasteiger partial charge on any atom is 0.0364 e. The second-order valence-corrected chi connectivity index (χ2v) is 6.25. The van der Waals surface area contributed by atoms with Crippen LogP contribution in [0, 0.1) is 17.8 Å². The van der Waals surface area contributed by atoms with Crippen LogP contribution in [0.3, 0.4) is 0 Å². The molecule has 0 radical (unpaired) electrons. The summed E-state index contributed by atoms with van der Waals surface area (Å²) in [7, 11) is 0. The smallest absolute Gasteiger partial charge is 0.0364 e. The highest BCUT2D eigenvalue weighted by Gasteiger charge is 2.30. The Kier molecular flexibility index (Phi) is 5.38. The van der Waals surface area contributed by atoms with E-state index >= 15 is 0 Å². The number of nitrogens with one attached hydrogen (secondary N) is 1. The topological polar surface area (TPSA) is 24.9 Å². The largest absolute Gasteiger partial charge is 0.310 e. The van der Waals surface area contributed by atoms with Gasteiger partial charge in [-0.1, -0.05) is 33.3 Å². The fourth-order valence-corrected chi connectivity index (χ4v) is 3.31. The Hall–Kier alpha value is -0.890. The summed E-state index contributed by atoms with van der Waals surface area (Å²) in [5, 5.41) is 3.75. The molecule has 1 fully saturated rings. The van der Waals surface area contributed by atoms with Crippen LogP contribution in [0.15, 0.2) is 24.5 Å². The predicted octanol–water partition coefficient (Wildman–Crippen LogP) is 4.19. The molecule has 0 spiro atoms. The zero-order valence-electron chi connectivity index (χ0n) is 12.6. The second-order valence-electron chi connectivity index (χ2n) is 6.25. The molecule has 1 aliphatic carbocycles. The molecule has 0 aliphatic heterocycles. The van der Waals surface area contributed by atoms with Crippen LogP contribution in [-0.2, 0) is 0 Å². The van der Waals surface area contributed by atoms with Crippen LogP contribution in [0.1, 0.15) is 58.1 Å². The van der Waals surface area contributed by atoms with Crippen LogP contribution in [0.5, 0.6) is 0 Å². The van der Waals surface area contributed by atoms with Gasteiger partial charge in [0.1, 0.15) is 0 Å². The average molecular weight is 260 g/mol. The molecule has 0 aromatic carbocycles. The molecular formula is C17H28N2. The molecule has 1 aliphatic rings. The maximum absolute atomic E-state index is 4.30. The zero-order valence-corrected chi connectivity index (χ0v) is 12.6. The Morgan fingerprint density at radius 1 is 1.32 bits per heavy atom. The molecule has 2 heteroatoms. The van der Waals surface area contributed by atoms with Crippen molar-refractivity contribution in [1.29, 1.82) is 0 Å². The van der Waals surface area contributed by atoms with Crippen molar-refractivity contribution in [2.45, 2.75) is 52.5 Å². The Balaban J connectivity index is 2.09. The Morgan fingerprint density at radius 2 is 2.16 bits per heavy atom. The van der Waals surface area contributed by atoms with Gasteiger partial charge in [0.25, 0.3) is 0 Å². The van der Waals surface area contributed by atoms with E-state index < -0.39 is 0 Å². The normalized spacial score (nSPS) is 29.1. The lowest BCUT2D eigenvalue weighted by Crippen LogP contribution is -2.33. The Morgan fingerprint density at radius 3 is 2.79 bits per heavy atom. The highest BCUT2D eigenvalue weighted by atomic mass is 14.9. The van der Waals surface area contributed by atoms with Gasteiger partial charge in [0.15, 0.2) is 0 Å². The molecule has 2 nitrogen and oxygen atoms in total. The molecule has 1 aromatic rings. The van der Waals surface area contributed by atoms with Crippen LogP contribution < -0.4 is 5.32 Å².